The highest BCUT2D eigenvalue weighted by molar-refractivity contribution is 6.74. The number of anilines is 1. The Hall–Kier alpha value is -1.51. The second-order valence-corrected chi connectivity index (χ2v) is 16.2. The van der Waals surface area contributed by atoms with Crippen LogP contribution in [0.1, 0.15) is 52.7 Å². The Morgan fingerprint density at radius 1 is 1.29 bits per heavy atom. The number of hydrogen-bond acceptors (Lipinski definition) is 4. The van der Waals surface area contributed by atoms with Crippen molar-refractivity contribution < 1.29 is 9.16 Å². The zero-order valence-corrected chi connectivity index (χ0v) is 23.3. The minimum atomic E-state index is -1.74. The van der Waals surface area contributed by atoms with Gasteiger partial charge in [0, 0.05) is 54.4 Å². The Labute approximate surface area is 213 Å². The number of ether oxygens (including phenoxy) is 1. The lowest BCUT2D eigenvalue weighted by Gasteiger charge is -2.36. The van der Waals surface area contributed by atoms with Crippen LogP contribution in [0.4, 0.5) is 5.69 Å². The first-order valence-electron chi connectivity index (χ1n) is 12.1. The van der Waals surface area contributed by atoms with Gasteiger partial charge < -0.3 is 19.5 Å². The molecule has 1 aliphatic heterocycles. The average molecular weight is 524 g/mol. The normalized spacial score (nSPS) is 17.4. The maximum absolute atomic E-state index is 6.56. The molecule has 1 aromatic carbocycles. The summed E-state index contributed by atoms with van der Waals surface area (Å²) in [5.41, 5.74) is 3.83. The van der Waals surface area contributed by atoms with E-state index in [1.165, 1.54) is 0 Å². The molecule has 4 rings (SSSR count). The van der Waals surface area contributed by atoms with Crippen LogP contribution in [0.15, 0.2) is 24.7 Å². The lowest BCUT2D eigenvalue weighted by atomic mass is 10.1. The van der Waals surface area contributed by atoms with Crippen molar-refractivity contribution in [3.63, 3.8) is 0 Å². The van der Waals surface area contributed by atoms with Crippen molar-refractivity contribution in [2.75, 3.05) is 25.1 Å². The molecule has 0 aliphatic carbocycles. The Morgan fingerprint density at radius 2 is 2.09 bits per heavy atom. The van der Waals surface area contributed by atoms with Crippen molar-refractivity contribution in [1.82, 2.24) is 14.8 Å². The zero-order valence-electron chi connectivity index (χ0n) is 20.8. The van der Waals surface area contributed by atoms with E-state index in [2.05, 4.69) is 55.5 Å². The number of benzene rings is 1. The molecular weight excluding hydrogens is 487 g/mol. The van der Waals surface area contributed by atoms with Crippen LogP contribution in [0.5, 0.6) is 0 Å². The van der Waals surface area contributed by atoms with Crippen LogP contribution in [0, 0.1) is 0 Å². The van der Waals surface area contributed by atoms with Gasteiger partial charge >= 0.3 is 0 Å². The highest BCUT2D eigenvalue weighted by atomic mass is 35.5. The fourth-order valence-corrected chi connectivity index (χ4v) is 5.53. The van der Waals surface area contributed by atoms with Gasteiger partial charge in [-0.05, 0) is 49.9 Å². The number of aromatic nitrogens is 3. The highest BCUT2D eigenvalue weighted by Gasteiger charge is 2.36. The van der Waals surface area contributed by atoms with Gasteiger partial charge in [0.1, 0.15) is 6.23 Å². The van der Waals surface area contributed by atoms with Gasteiger partial charge in [-0.15, -0.1) is 0 Å². The molecule has 34 heavy (non-hydrogen) atoms. The molecule has 1 unspecified atom stereocenters. The van der Waals surface area contributed by atoms with Crippen molar-refractivity contribution >= 4 is 48.1 Å². The van der Waals surface area contributed by atoms with Crippen LogP contribution >= 0.6 is 23.2 Å². The van der Waals surface area contributed by atoms with E-state index >= 15 is 0 Å². The molecular formula is C25H36Cl2N4O2Si. The summed E-state index contributed by atoms with van der Waals surface area (Å²) in [6.45, 7) is 13.7. The third kappa shape index (κ3) is 5.34. The van der Waals surface area contributed by atoms with E-state index in [1.54, 1.807) is 0 Å². The molecule has 1 fully saturated rings. The lowest BCUT2D eigenvalue weighted by molar-refractivity contribution is -0.0394. The fraction of sp³-hybridized carbons (Fsp3) is 0.560. The summed E-state index contributed by atoms with van der Waals surface area (Å²) in [6.07, 6.45) is 10.1. The van der Waals surface area contributed by atoms with E-state index in [9.17, 15) is 0 Å². The molecule has 0 amide bonds. The van der Waals surface area contributed by atoms with Crippen molar-refractivity contribution in [2.45, 2.75) is 70.8 Å². The van der Waals surface area contributed by atoms with Crippen LogP contribution in [-0.4, -0.2) is 42.8 Å². The number of fused-ring (bicyclic) bond motifs is 1. The van der Waals surface area contributed by atoms with Crippen molar-refractivity contribution in [3.05, 3.63) is 34.7 Å². The van der Waals surface area contributed by atoms with Crippen LogP contribution in [0.25, 0.3) is 22.0 Å². The molecule has 1 aliphatic rings. The molecule has 3 aromatic rings. The van der Waals surface area contributed by atoms with Gasteiger partial charge in [-0.25, -0.2) is 4.68 Å². The molecule has 186 valence electrons. The molecule has 0 bridgehead atoms. The summed E-state index contributed by atoms with van der Waals surface area (Å²) in [7, 11) is -1.74. The summed E-state index contributed by atoms with van der Waals surface area (Å²) in [4.78, 5) is 3.32. The predicted molar refractivity (Wildman–Crippen MR) is 145 cm³/mol. The quantitative estimate of drug-likeness (QED) is 0.233. The van der Waals surface area contributed by atoms with Crippen LogP contribution < -0.4 is 5.32 Å². The molecule has 1 saturated heterocycles. The van der Waals surface area contributed by atoms with Gasteiger partial charge in [-0.1, -0.05) is 44.0 Å². The molecule has 2 aromatic heterocycles. The van der Waals surface area contributed by atoms with Crippen molar-refractivity contribution in [1.29, 1.82) is 0 Å². The van der Waals surface area contributed by atoms with E-state index in [0.29, 0.717) is 10.0 Å². The summed E-state index contributed by atoms with van der Waals surface area (Å²) in [5, 5.41) is 10.4. The molecule has 2 N–H and O–H groups in total. The first kappa shape index (κ1) is 25.6. The monoisotopic (exact) mass is 522 g/mol. The first-order valence-corrected chi connectivity index (χ1v) is 15.8. The molecule has 0 saturated carbocycles. The van der Waals surface area contributed by atoms with Crippen LogP contribution in [-0.2, 0) is 9.16 Å². The number of aromatic amines is 1. The third-order valence-corrected chi connectivity index (χ3v) is 12.4. The highest BCUT2D eigenvalue weighted by Crippen LogP contribution is 2.41. The Balaban J connectivity index is 1.52. The van der Waals surface area contributed by atoms with Gasteiger partial charge in [0.05, 0.1) is 21.8 Å². The fourth-order valence-electron chi connectivity index (χ4n) is 4.03. The number of halogens is 2. The summed E-state index contributed by atoms with van der Waals surface area (Å²) < 4.78 is 14.1. The third-order valence-electron chi connectivity index (χ3n) is 7.12. The van der Waals surface area contributed by atoms with E-state index in [1.807, 2.05) is 23.1 Å². The Morgan fingerprint density at radius 3 is 2.79 bits per heavy atom. The van der Waals surface area contributed by atoms with Crippen LogP contribution in [0.3, 0.4) is 0 Å². The van der Waals surface area contributed by atoms with E-state index < -0.39 is 8.32 Å². The SMILES string of the molecule is CC(C)(C)[Si](C)(C)OCCCNc1cc(Cl)c(Cl)c2[nH]cc(-c3cnn(C4CCCCO4)c3)c12. The van der Waals surface area contributed by atoms with E-state index in [4.69, 9.17) is 32.4 Å². The second-order valence-electron chi connectivity index (χ2n) is 10.6. The average Bonchev–Trinajstić information content (AvgIpc) is 3.44. The number of hydrogen-bond donors (Lipinski definition) is 2. The number of nitrogens with one attached hydrogen (secondary N) is 2. The van der Waals surface area contributed by atoms with Gasteiger partial charge in [0.15, 0.2) is 8.32 Å². The number of nitrogens with zero attached hydrogens (tertiary/aromatic N) is 2. The molecule has 1 atom stereocenters. The van der Waals surface area contributed by atoms with Crippen molar-refractivity contribution in [2.24, 2.45) is 0 Å². The lowest BCUT2D eigenvalue weighted by Crippen LogP contribution is -2.41. The zero-order chi connectivity index (χ0) is 24.5. The molecule has 6 nitrogen and oxygen atoms in total. The minimum Gasteiger partial charge on any atom is -0.417 e. The standard InChI is InChI=1S/C25H36Cl2N4O2Si/c1-25(2,3)34(4,5)33-12-8-10-28-20-13-19(26)23(27)24-22(20)18(15-29-24)17-14-30-31(16-17)21-9-6-7-11-32-21/h13-16,21,28-29H,6-12H2,1-5H3. The first-order chi connectivity index (χ1) is 16.1. The molecule has 0 radical (unpaired) electrons. The number of H-pyrrole nitrogens is 1. The topological polar surface area (TPSA) is 64.1 Å². The van der Waals surface area contributed by atoms with Gasteiger partial charge in [0.2, 0.25) is 0 Å². The van der Waals surface area contributed by atoms with E-state index in [-0.39, 0.29) is 11.3 Å². The van der Waals surface area contributed by atoms with Gasteiger partial charge in [-0.2, -0.15) is 5.10 Å². The Kier molecular flexibility index (Phi) is 7.70. The van der Waals surface area contributed by atoms with Gasteiger partial charge in [0.25, 0.3) is 0 Å². The van der Waals surface area contributed by atoms with E-state index in [0.717, 1.165) is 73.2 Å². The smallest absolute Gasteiger partial charge is 0.191 e. The summed E-state index contributed by atoms with van der Waals surface area (Å²) in [6, 6.07) is 1.91. The number of rotatable bonds is 8. The predicted octanol–water partition coefficient (Wildman–Crippen LogP) is 7.86. The largest absolute Gasteiger partial charge is 0.417 e. The summed E-state index contributed by atoms with van der Waals surface area (Å²) >= 11 is 13.0. The maximum Gasteiger partial charge on any atom is 0.191 e. The molecule has 0 spiro atoms. The second kappa shape index (κ2) is 10.2. The minimum absolute atomic E-state index is 0.00392. The molecule has 3 heterocycles. The maximum atomic E-state index is 6.56. The van der Waals surface area contributed by atoms with Gasteiger partial charge in [-0.3, -0.25) is 0 Å². The molecule has 9 heteroatoms. The summed E-state index contributed by atoms with van der Waals surface area (Å²) in [5.74, 6) is 0. The van der Waals surface area contributed by atoms with Crippen molar-refractivity contribution in [3.8, 4) is 11.1 Å². The van der Waals surface area contributed by atoms with Crippen LogP contribution in [0.2, 0.25) is 28.2 Å². The Bertz CT molecular complexity index is 1130.